The monoisotopic (exact) mass is 305 g/mol. The molecule has 2 aromatic rings. The summed E-state index contributed by atoms with van der Waals surface area (Å²) in [5.74, 6) is 1.38. The van der Waals surface area contributed by atoms with E-state index >= 15 is 0 Å². The molecule has 2 unspecified atom stereocenters. The van der Waals surface area contributed by atoms with E-state index in [9.17, 15) is 5.11 Å². The Morgan fingerprint density at radius 2 is 2.23 bits per heavy atom. The van der Waals surface area contributed by atoms with Crippen molar-refractivity contribution in [1.82, 2.24) is 10.1 Å². The summed E-state index contributed by atoms with van der Waals surface area (Å²) >= 11 is 0. The number of nitrogens with zero attached hydrogens (tertiary/aromatic N) is 2. The van der Waals surface area contributed by atoms with Gasteiger partial charge in [0.05, 0.1) is 12.7 Å². The molecule has 1 aromatic heterocycles. The van der Waals surface area contributed by atoms with Crippen molar-refractivity contribution in [3.63, 3.8) is 0 Å². The fraction of sp³-hybridized carbons (Fsp3) is 0.500. The Hall–Kier alpha value is -2.08. The maximum Gasteiger partial charge on any atom is 0.321 e. The highest BCUT2D eigenvalue weighted by atomic mass is 16.5. The number of benzene rings is 1. The van der Waals surface area contributed by atoms with Crippen LogP contribution in [0.4, 0.5) is 6.01 Å². The number of nitrogens with one attached hydrogen (secondary N) is 1. The van der Waals surface area contributed by atoms with Crippen LogP contribution in [0.1, 0.15) is 27.2 Å². The van der Waals surface area contributed by atoms with Crippen LogP contribution in [-0.2, 0) is 0 Å². The number of aromatic nitrogens is 2. The van der Waals surface area contributed by atoms with Crippen LogP contribution in [0.25, 0.3) is 11.4 Å². The predicted octanol–water partition coefficient (Wildman–Crippen LogP) is 2.95. The molecule has 6 nitrogen and oxygen atoms in total. The van der Waals surface area contributed by atoms with Gasteiger partial charge in [0.15, 0.2) is 0 Å². The molecule has 0 fully saturated rings. The van der Waals surface area contributed by atoms with Gasteiger partial charge in [-0.25, -0.2) is 0 Å². The van der Waals surface area contributed by atoms with Crippen molar-refractivity contribution in [3.05, 3.63) is 24.3 Å². The quantitative estimate of drug-likeness (QED) is 0.818. The predicted molar refractivity (Wildman–Crippen MR) is 84.9 cm³/mol. The van der Waals surface area contributed by atoms with Crippen molar-refractivity contribution >= 4 is 6.01 Å². The van der Waals surface area contributed by atoms with Gasteiger partial charge in [-0.05, 0) is 25.0 Å². The van der Waals surface area contributed by atoms with Gasteiger partial charge >= 0.3 is 6.01 Å². The topological polar surface area (TPSA) is 80.4 Å². The lowest BCUT2D eigenvalue weighted by Crippen LogP contribution is -2.39. The molecular weight excluding hydrogens is 282 g/mol. The van der Waals surface area contributed by atoms with Gasteiger partial charge in [-0.2, -0.15) is 4.98 Å². The molecular formula is C16H23N3O3. The van der Waals surface area contributed by atoms with Crippen LogP contribution in [0.5, 0.6) is 5.75 Å². The molecule has 22 heavy (non-hydrogen) atoms. The van der Waals surface area contributed by atoms with E-state index in [0.717, 1.165) is 17.7 Å². The van der Waals surface area contributed by atoms with Crippen LogP contribution in [0, 0.1) is 5.92 Å². The summed E-state index contributed by atoms with van der Waals surface area (Å²) in [6, 6.07) is 7.73. The Kier molecular flexibility index (Phi) is 5.03. The minimum Gasteiger partial charge on any atom is -0.497 e. The fourth-order valence-corrected chi connectivity index (χ4v) is 2.04. The van der Waals surface area contributed by atoms with Crippen LogP contribution in [0.15, 0.2) is 28.8 Å². The summed E-state index contributed by atoms with van der Waals surface area (Å²) in [5.41, 5.74) is -0.0239. The molecule has 120 valence electrons. The second kappa shape index (κ2) is 6.79. The van der Waals surface area contributed by atoms with Crippen molar-refractivity contribution in [2.45, 2.75) is 32.8 Å². The second-order valence-corrected chi connectivity index (χ2v) is 5.68. The normalized spacial score (nSPS) is 15.1. The molecule has 0 aliphatic rings. The lowest BCUT2D eigenvalue weighted by atomic mass is 9.89. The molecule has 1 aromatic carbocycles. The van der Waals surface area contributed by atoms with E-state index in [-0.39, 0.29) is 5.92 Å². The molecule has 6 heteroatoms. The van der Waals surface area contributed by atoms with E-state index in [1.54, 1.807) is 14.0 Å². The van der Waals surface area contributed by atoms with Crippen LogP contribution in [-0.4, -0.2) is 34.5 Å². The minimum atomic E-state index is -0.834. The third kappa shape index (κ3) is 3.76. The summed E-state index contributed by atoms with van der Waals surface area (Å²) in [6.07, 6.45) is 0.896. The standard InChI is InChI=1S/C16H23N3O3/c1-5-11(2)16(3,20)10-17-15-18-14(19-22-15)12-7-6-8-13(9-12)21-4/h6-9,11,20H,5,10H2,1-4H3,(H,17,18,19). The summed E-state index contributed by atoms with van der Waals surface area (Å²) in [6.45, 7) is 6.21. The lowest BCUT2D eigenvalue weighted by Gasteiger charge is -2.29. The summed E-state index contributed by atoms with van der Waals surface area (Å²) < 4.78 is 10.4. The Bertz CT molecular complexity index is 610. The van der Waals surface area contributed by atoms with E-state index < -0.39 is 5.60 Å². The Labute approximate surface area is 130 Å². The summed E-state index contributed by atoms with van der Waals surface area (Å²) in [4.78, 5) is 4.29. The molecule has 2 atom stereocenters. The first-order valence-electron chi connectivity index (χ1n) is 7.40. The molecule has 2 N–H and O–H groups in total. The van der Waals surface area contributed by atoms with Crippen molar-refractivity contribution in [2.75, 3.05) is 19.0 Å². The molecule has 0 radical (unpaired) electrons. The number of rotatable bonds is 7. The summed E-state index contributed by atoms with van der Waals surface area (Å²) in [5, 5.41) is 17.3. The molecule has 0 saturated carbocycles. The van der Waals surface area contributed by atoms with Gasteiger partial charge in [-0.15, -0.1) is 0 Å². The van der Waals surface area contributed by atoms with Crippen molar-refractivity contribution < 1.29 is 14.4 Å². The number of hydrogen-bond donors (Lipinski definition) is 2. The molecule has 0 bridgehead atoms. The summed E-state index contributed by atoms with van der Waals surface area (Å²) in [7, 11) is 1.61. The largest absolute Gasteiger partial charge is 0.497 e. The third-order valence-electron chi connectivity index (χ3n) is 4.03. The fourth-order valence-electron chi connectivity index (χ4n) is 2.04. The highest BCUT2D eigenvalue weighted by Crippen LogP contribution is 2.24. The van der Waals surface area contributed by atoms with Crippen molar-refractivity contribution in [3.8, 4) is 17.1 Å². The highest BCUT2D eigenvalue weighted by Gasteiger charge is 2.27. The van der Waals surface area contributed by atoms with Gasteiger partial charge in [-0.3, -0.25) is 0 Å². The Morgan fingerprint density at radius 1 is 1.45 bits per heavy atom. The van der Waals surface area contributed by atoms with Crippen LogP contribution in [0.3, 0.4) is 0 Å². The zero-order valence-corrected chi connectivity index (χ0v) is 13.5. The van der Waals surface area contributed by atoms with Crippen LogP contribution < -0.4 is 10.1 Å². The zero-order valence-electron chi connectivity index (χ0n) is 13.5. The number of methoxy groups -OCH3 is 1. The SMILES string of the molecule is CCC(C)C(C)(O)CNc1nc(-c2cccc(OC)c2)no1. The van der Waals surface area contributed by atoms with E-state index in [2.05, 4.69) is 15.5 Å². The number of anilines is 1. The van der Waals surface area contributed by atoms with Gasteiger partial charge in [0.2, 0.25) is 5.82 Å². The lowest BCUT2D eigenvalue weighted by molar-refractivity contribution is 0.0170. The number of hydrogen-bond acceptors (Lipinski definition) is 6. The van der Waals surface area contributed by atoms with Gasteiger partial charge in [0.1, 0.15) is 5.75 Å². The van der Waals surface area contributed by atoms with E-state index in [1.165, 1.54) is 0 Å². The smallest absolute Gasteiger partial charge is 0.321 e. The highest BCUT2D eigenvalue weighted by molar-refractivity contribution is 5.57. The Morgan fingerprint density at radius 3 is 2.91 bits per heavy atom. The average molecular weight is 305 g/mol. The minimum absolute atomic E-state index is 0.167. The maximum absolute atomic E-state index is 10.4. The molecule has 0 spiro atoms. The molecule has 1 heterocycles. The van der Waals surface area contributed by atoms with E-state index in [4.69, 9.17) is 9.26 Å². The van der Waals surface area contributed by atoms with Gasteiger partial charge in [0.25, 0.3) is 0 Å². The molecule has 0 saturated heterocycles. The van der Waals surface area contributed by atoms with Crippen molar-refractivity contribution in [1.29, 1.82) is 0 Å². The van der Waals surface area contributed by atoms with E-state index in [0.29, 0.717) is 18.4 Å². The molecule has 0 aliphatic carbocycles. The number of ether oxygens (including phenoxy) is 1. The molecule has 2 rings (SSSR count). The van der Waals surface area contributed by atoms with Crippen molar-refractivity contribution in [2.24, 2.45) is 5.92 Å². The van der Waals surface area contributed by atoms with Gasteiger partial charge < -0.3 is 19.7 Å². The van der Waals surface area contributed by atoms with E-state index in [1.807, 2.05) is 38.1 Å². The first-order valence-corrected chi connectivity index (χ1v) is 7.40. The zero-order chi connectivity index (χ0) is 16.2. The molecule has 0 aliphatic heterocycles. The van der Waals surface area contributed by atoms with Crippen LogP contribution >= 0.6 is 0 Å². The maximum atomic E-state index is 10.4. The average Bonchev–Trinajstić information content (AvgIpc) is 3.01. The number of aliphatic hydroxyl groups is 1. The Balaban J connectivity index is 2.05. The van der Waals surface area contributed by atoms with Gasteiger partial charge in [0, 0.05) is 12.1 Å². The van der Waals surface area contributed by atoms with Gasteiger partial charge in [-0.1, -0.05) is 37.6 Å². The first kappa shape index (κ1) is 16.3. The molecule has 0 amide bonds. The third-order valence-corrected chi connectivity index (χ3v) is 4.03. The second-order valence-electron chi connectivity index (χ2n) is 5.68. The van der Waals surface area contributed by atoms with Crippen LogP contribution in [0.2, 0.25) is 0 Å². The first-order chi connectivity index (χ1) is 10.5.